The Kier molecular flexibility index (Phi) is 5.01. The molecule has 1 rings (SSSR count). The zero-order chi connectivity index (χ0) is 11.1. The molecule has 0 atom stereocenters. The average Bonchev–Trinajstić information content (AvgIpc) is 2.25. The molecule has 15 heavy (non-hydrogen) atoms. The molecule has 0 spiro atoms. The number of benzene rings is 1. The minimum Gasteiger partial charge on any atom is -0.396 e. The van der Waals surface area contributed by atoms with Gasteiger partial charge in [0, 0.05) is 18.8 Å². The number of ketones is 1. The van der Waals surface area contributed by atoms with Gasteiger partial charge in [0.2, 0.25) is 0 Å². The van der Waals surface area contributed by atoms with E-state index >= 15 is 0 Å². The number of ether oxygens (including phenoxy) is 1. The highest BCUT2D eigenvalue weighted by atomic mass is 16.5. The Hall–Kier alpha value is -1.19. The molecular weight excluding hydrogens is 192 g/mol. The molecule has 0 bridgehead atoms. The number of carbonyl (C=O) groups excluding carboxylic acids is 1. The lowest BCUT2D eigenvalue weighted by Gasteiger charge is -2.04. The first-order chi connectivity index (χ1) is 7.24. The van der Waals surface area contributed by atoms with Crippen molar-refractivity contribution in [3.8, 4) is 0 Å². The number of Topliss-reactive ketones (excluding diaryl/α,β-unsaturated/α-hetero) is 1. The second-order valence-electron chi connectivity index (χ2n) is 3.39. The van der Waals surface area contributed by atoms with E-state index in [0.717, 1.165) is 5.56 Å². The molecular formula is C12H16O3. The zero-order valence-corrected chi connectivity index (χ0v) is 8.90. The van der Waals surface area contributed by atoms with Gasteiger partial charge in [0.1, 0.15) is 0 Å². The van der Waals surface area contributed by atoms with Gasteiger partial charge in [-0.15, -0.1) is 0 Å². The van der Waals surface area contributed by atoms with Crippen LogP contribution < -0.4 is 0 Å². The normalized spacial score (nSPS) is 10.3. The van der Waals surface area contributed by atoms with Gasteiger partial charge in [-0.05, 0) is 25.0 Å². The van der Waals surface area contributed by atoms with E-state index in [0.29, 0.717) is 25.2 Å². The predicted octanol–water partition coefficient (Wildman–Crippen LogP) is 1.79. The Labute approximate surface area is 89.7 Å². The molecule has 1 N–H and O–H groups in total. The van der Waals surface area contributed by atoms with Crippen LogP contribution >= 0.6 is 0 Å². The lowest BCUT2D eigenvalue weighted by Crippen LogP contribution is -1.99. The van der Waals surface area contributed by atoms with Crippen molar-refractivity contribution < 1.29 is 14.6 Å². The van der Waals surface area contributed by atoms with Crippen molar-refractivity contribution in [2.75, 3.05) is 13.2 Å². The Morgan fingerprint density at radius 1 is 1.47 bits per heavy atom. The van der Waals surface area contributed by atoms with Crippen molar-refractivity contribution in [1.29, 1.82) is 0 Å². The molecule has 0 saturated carbocycles. The van der Waals surface area contributed by atoms with E-state index in [1.807, 2.05) is 18.2 Å². The van der Waals surface area contributed by atoms with Crippen molar-refractivity contribution in [3.63, 3.8) is 0 Å². The molecule has 3 heteroatoms. The smallest absolute Gasteiger partial charge is 0.159 e. The maximum atomic E-state index is 11.1. The first-order valence-electron chi connectivity index (χ1n) is 5.02. The number of aliphatic hydroxyl groups is 1. The summed E-state index contributed by atoms with van der Waals surface area (Å²) in [7, 11) is 0. The van der Waals surface area contributed by atoms with Gasteiger partial charge in [-0.1, -0.05) is 18.2 Å². The van der Waals surface area contributed by atoms with Gasteiger partial charge in [-0.2, -0.15) is 0 Å². The summed E-state index contributed by atoms with van der Waals surface area (Å²) in [6.45, 7) is 2.72. The van der Waals surface area contributed by atoms with E-state index in [1.165, 1.54) is 0 Å². The number of hydrogen-bond acceptors (Lipinski definition) is 3. The monoisotopic (exact) mass is 208 g/mol. The maximum Gasteiger partial charge on any atom is 0.159 e. The van der Waals surface area contributed by atoms with Gasteiger partial charge in [0.25, 0.3) is 0 Å². The second-order valence-corrected chi connectivity index (χ2v) is 3.39. The van der Waals surface area contributed by atoms with E-state index in [1.54, 1.807) is 13.0 Å². The third-order valence-corrected chi connectivity index (χ3v) is 2.05. The summed E-state index contributed by atoms with van der Waals surface area (Å²) in [5, 5.41) is 8.56. The minimum atomic E-state index is 0.0622. The molecule has 3 nitrogen and oxygen atoms in total. The van der Waals surface area contributed by atoms with Crippen LogP contribution in [0.15, 0.2) is 24.3 Å². The Morgan fingerprint density at radius 3 is 2.93 bits per heavy atom. The molecule has 0 aliphatic carbocycles. The topological polar surface area (TPSA) is 46.5 Å². The molecule has 82 valence electrons. The lowest BCUT2D eigenvalue weighted by molar-refractivity contribution is 0.101. The van der Waals surface area contributed by atoms with E-state index < -0.39 is 0 Å². The van der Waals surface area contributed by atoms with Crippen LogP contribution in [0.2, 0.25) is 0 Å². The molecule has 0 fully saturated rings. The van der Waals surface area contributed by atoms with Crippen LogP contribution in [-0.2, 0) is 11.3 Å². The van der Waals surface area contributed by atoms with Gasteiger partial charge in [0.05, 0.1) is 6.61 Å². The summed E-state index contributed by atoms with van der Waals surface area (Å²) in [5.41, 5.74) is 1.69. The first kappa shape index (κ1) is 11.9. The molecule has 0 aliphatic heterocycles. The molecule has 0 amide bonds. The standard InChI is InChI=1S/C12H16O3/c1-10(14)12-5-2-4-11(8-12)9-15-7-3-6-13/h2,4-5,8,13H,3,6-7,9H2,1H3. The molecule has 0 heterocycles. The Balaban J connectivity index is 2.47. The number of aliphatic hydroxyl groups excluding tert-OH is 1. The Bertz CT molecular complexity index is 320. The summed E-state index contributed by atoms with van der Waals surface area (Å²) in [6, 6.07) is 7.40. The first-order valence-corrected chi connectivity index (χ1v) is 5.02. The summed E-state index contributed by atoms with van der Waals surface area (Å²) in [5.74, 6) is 0.0622. The van der Waals surface area contributed by atoms with E-state index in [4.69, 9.17) is 9.84 Å². The van der Waals surface area contributed by atoms with E-state index in [-0.39, 0.29) is 12.4 Å². The fourth-order valence-corrected chi connectivity index (χ4v) is 1.24. The van der Waals surface area contributed by atoms with Gasteiger partial charge in [-0.25, -0.2) is 0 Å². The summed E-state index contributed by atoms with van der Waals surface area (Å²) >= 11 is 0. The van der Waals surface area contributed by atoms with Crippen molar-refractivity contribution in [2.45, 2.75) is 20.0 Å². The van der Waals surface area contributed by atoms with Crippen molar-refractivity contribution in [2.24, 2.45) is 0 Å². The predicted molar refractivity (Wildman–Crippen MR) is 57.8 cm³/mol. The van der Waals surface area contributed by atoms with E-state index in [9.17, 15) is 4.79 Å². The van der Waals surface area contributed by atoms with Crippen molar-refractivity contribution in [3.05, 3.63) is 35.4 Å². The molecule has 0 saturated heterocycles. The number of carbonyl (C=O) groups is 1. The minimum absolute atomic E-state index is 0.0622. The quantitative estimate of drug-likeness (QED) is 0.572. The largest absolute Gasteiger partial charge is 0.396 e. The molecule has 1 aromatic carbocycles. The van der Waals surface area contributed by atoms with Crippen LogP contribution in [0.4, 0.5) is 0 Å². The van der Waals surface area contributed by atoms with Crippen molar-refractivity contribution >= 4 is 5.78 Å². The zero-order valence-electron chi connectivity index (χ0n) is 8.90. The number of rotatable bonds is 6. The third kappa shape index (κ3) is 4.23. The van der Waals surface area contributed by atoms with Gasteiger partial charge in [0.15, 0.2) is 5.78 Å². The maximum absolute atomic E-state index is 11.1. The van der Waals surface area contributed by atoms with Crippen LogP contribution in [0.5, 0.6) is 0 Å². The molecule has 0 unspecified atom stereocenters. The van der Waals surface area contributed by atoms with Gasteiger partial charge in [-0.3, -0.25) is 4.79 Å². The average molecular weight is 208 g/mol. The molecule has 1 aromatic rings. The van der Waals surface area contributed by atoms with Crippen LogP contribution in [0.3, 0.4) is 0 Å². The second kappa shape index (κ2) is 6.32. The molecule has 0 aromatic heterocycles. The van der Waals surface area contributed by atoms with E-state index in [2.05, 4.69) is 0 Å². The van der Waals surface area contributed by atoms with Gasteiger partial charge >= 0.3 is 0 Å². The van der Waals surface area contributed by atoms with Crippen LogP contribution in [0.25, 0.3) is 0 Å². The fraction of sp³-hybridized carbons (Fsp3) is 0.417. The lowest BCUT2D eigenvalue weighted by atomic mass is 10.1. The fourth-order valence-electron chi connectivity index (χ4n) is 1.24. The summed E-state index contributed by atoms with van der Waals surface area (Å²) in [4.78, 5) is 11.1. The van der Waals surface area contributed by atoms with Crippen LogP contribution in [0.1, 0.15) is 29.3 Å². The van der Waals surface area contributed by atoms with Gasteiger partial charge < -0.3 is 9.84 Å². The highest BCUT2D eigenvalue weighted by Crippen LogP contribution is 2.07. The summed E-state index contributed by atoms with van der Waals surface area (Å²) < 4.78 is 5.32. The third-order valence-electron chi connectivity index (χ3n) is 2.05. The molecule has 0 aliphatic rings. The van der Waals surface area contributed by atoms with Crippen molar-refractivity contribution in [1.82, 2.24) is 0 Å². The highest BCUT2D eigenvalue weighted by molar-refractivity contribution is 5.94. The van der Waals surface area contributed by atoms with Crippen LogP contribution in [0, 0.1) is 0 Å². The number of hydrogen-bond donors (Lipinski definition) is 1. The Morgan fingerprint density at radius 2 is 2.27 bits per heavy atom. The van der Waals surface area contributed by atoms with Crippen LogP contribution in [-0.4, -0.2) is 24.1 Å². The highest BCUT2D eigenvalue weighted by Gasteiger charge is 2.00. The summed E-state index contributed by atoms with van der Waals surface area (Å²) in [6.07, 6.45) is 0.645. The SMILES string of the molecule is CC(=O)c1cccc(COCCCO)c1. The molecule has 0 radical (unpaired) electrons.